The number of hydrogen-bond donors (Lipinski definition) is 1. The summed E-state index contributed by atoms with van der Waals surface area (Å²) in [6, 6.07) is 15.2. The zero-order valence-corrected chi connectivity index (χ0v) is 13.9. The SMILES string of the molecule is COc1ccc(OCC(=O)NCCc2ccc(Br)cc2)cc1. The predicted octanol–water partition coefficient (Wildman–Crippen LogP) is 3.20. The Labute approximate surface area is 138 Å². The van der Waals surface area contributed by atoms with Gasteiger partial charge in [-0.1, -0.05) is 28.1 Å². The first-order chi connectivity index (χ1) is 10.7. The van der Waals surface area contributed by atoms with Crippen molar-refractivity contribution < 1.29 is 14.3 Å². The molecule has 0 spiro atoms. The smallest absolute Gasteiger partial charge is 0.257 e. The third kappa shape index (κ3) is 5.41. The molecule has 0 aromatic heterocycles. The molecule has 0 saturated heterocycles. The van der Waals surface area contributed by atoms with Crippen LogP contribution in [0.2, 0.25) is 0 Å². The van der Waals surface area contributed by atoms with Gasteiger partial charge in [-0.2, -0.15) is 0 Å². The predicted molar refractivity (Wildman–Crippen MR) is 89.3 cm³/mol. The number of carbonyl (C=O) groups excluding carboxylic acids is 1. The van der Waals surface area contributed by atoms with E-state index in [4.69, 9.17) is 9.47 Å². The van der Waals surface area contributed by atoms with E-state index in [1.54, 1.807) is 31.4 Å². The molecule has 0 saturated carbocycles. The van der Waals surface area contributed by atoms with Crippen LogP contribution in [0.1, 0.15) is 5.56 Å². The van der Waals surface area contributed by atoms with E-state index in [-0.39, 0.29) is 12.5 Å². The van der Waals surface area contributed by atoms with Gasteiger partial charge in [-0.3, -0.25) is 4.79 Å². The van der Waals surface area contributed by atoms with Gasteiger partial charge in [0.05, 0.1) is 7.11 Å². The molecule has 0 aliphatic carbocycles. The number of benzene rings is 2. The summed E-state index contributed by atoms with van der Waals surface area (Å²) in [5.74, 6) is 1.27. The molecular formula is C17H18BrNO3. The van der Waals surface area contributed by atoms with Crippen LogP contribution in [-0.4, -0.2) is 26.2 Å². The minimum Gasteiger partial charge on any atom is -0.497 e. The Bertz CT molecular complexity index is 596. The van der Waals surface area contributed by atoms with E-state index in [0.29, 0.717) is 12.3 Å². The van der Waals surface area contributed by atoms with Crippen molar-refractivity contribution in [3.8, 4) is 11.5 Å². The van der Waals surface area contributed by atoms with Crippen LogP contribution in [0, 0.1) is 0 Å². The third-order valence-corrected chi connectivity index (χ3v) is 3.61. The van der Waals surface area contributed by atoms with Crippen LogP contribution in [0.5, 0.6) is 11.5 Å². The van der Waals surface area contributed by atoms with Crippen LogP contribution in [0.4, 0.5) is 0 Å². The number of carbonyl (C=O) groups is 1. The van der Waals surface area contributed by atoms with Gasteiger partial charge in [0.25, 0.3) is 5.91 Å². The molecule has 0 radical (unpaired) electrons. The first kappa shape index (κ1) is 16.4. The highest BCUT2D eigenvalue weighted by atomic mass is 79.9. The maximum absolute atomic E-state index is 11.7. The summed E-state index contributed by atoms with van der Waals surface area (Å²) in [6.45, 7) is 0.596. The highest BCUT2D eigenvalue weighted by Crippen LogP contribution is 2.16. The Kier molecular flexibility index (Phi) is 6.27. The number of hydrogen-bond acceptors (Lipinski definition) is 3. The van der Waals surface area contributed by atoms with E-state index in [2.05, 4.69) is 21.2 Å². The molecular weight excluding hydrogens is 346 g/mol. The maximum Gasteiger partial charge on any atom is 0.257 e. The number of rotatable bonds is 7. The van der Waals surface area contributed by atoms with Gasteiger partial charge in [0, 0.05) is 11.0 Å². The molecule has 2 aromatic carbocycles. The molecule has 0 fully saturated rings. The fourth-order valence-electron chi connectivity index (χ4n) is 1.87. The molecule has 0 heterocycles. The Morgan fingerprint density at radius 2 is 1.68 bits per heavy atom. The fourth-order valence-corrected chi connectivity index (χ4v) is 2.13. The van der Waals surface area contributed by atoms with Crippen molar-refractivity contribution in [3.63, 3.8) is 0 Å². The number of methoxy groups -OCH3 is 1. The molecule has 2 rings (SSSR count). The van der Waals surface area contributed by atoms with Crippen molar-refractivity contribution in [1.82, 2.24) is 5.32 Å². The van der Waals surface area contributed by atoms with Gasteiger partial charge >= 0.3 is 0 Å². The van der Waals surface area contributed by atoms with Gasteiger partial charge in [0.1, 0.15) is 11.5 Å². The van der Waals surface area contributed by atoms with E-state index >= 15 is 0 Å². The Morgan fingerprint density at radius 1 is 1.05 bits per heavy atom. The van der Waals surface area contributed by atoms with Gasteiger partial charge in [-0.15, -0.1) is 0 Å². The molecule has 4 nitrogen and oxygen atoms in total. The van der Waals surface area contributed by atoms with Crippen molar-refractivity contribution in [3.05, 3.63) is 58.6 Å². The first-order valence-corrected chi connectivity index (χ1v) is 7.74. The second-order valence-electron chi connectivity index (χ2n) is 4.69. The Balaban J connectivity index is 1.68. The van der Waals surface area contributed by atoms with Crippen molar-refractivity contribution >= 4 is 21.8 Å². The van der Waals surface area contributed by atoms with Crippen molar-refractivity contribution in [2.75, 3.05) is 20.3 Å². The standard InChI is InChI=1S/C17H18BrNO3/c1-21-15-6-8-16(9-7-15)22-12-17(20)19-11-10-13-2-4-14(18)5-3-13/h2-9H,10-12H2,1H3,(H,19,20). The molecule has 0 bridgehead atoms. The largest absolute Gasteiger partial charge is 0.497 e. The third-order valence-electron chi connectivity index (χ3n) is 3.08. The Morgan fingerprint density at radius 3 is 2.32 bits per heavy atom. The van der Waals surface area contributed by atoms with Crippen LogP contribution in [0.3, 0.4) is 0 Å². The van der Waals surface area contributed by atoms with E-state index < -0.39 is 0 Å². The molecule has 0 atom stereocenters. The van der Waals surface area contributed by atoms with E-state index in [1.807, 2.05) is 24.3 Å². The lowest BCUT2D eigenvalue weighted by Crippen LogP contribution is -2.30. The summed E-state index contributed by atoms with van der Waals surface area (Å²) < 4.78 is 11.5. The molecule has 1 amide bonds. The van der Waals surface area contributed by atoms with Crippen molar-refractivity contribution in [2.45, 2.75) is 6.42 Å². The minimum absolute atomic E-state index is 0.00661. The Hall–Kier alpha value is -2.01. The summed E-state index contributed by atoms with van der Waals surface area (Å²) in [4.78, 5) is 11.7. The van der Waals surface area contributed by atoms with Gasteiger partial charge < -0.3 is 14.8 Å². The van der Waals surface area contributed by atoms with E-state index in [9.17, 15) is 4.79 Å². The first-order valence-electron chi connectivity index (χ1n) is 6.95. The molecule has 0 aliphatic heterocycles. The number of ether oxygens (including phenoxy) is 2. The molecule has 116 valence electrons. The molecule has 2 aromatic rings. The van der Waals surface area contributed by atoms with Gasteiger partial charge in [-0.25, -0.2) is 0 Å². The molecule has 1 N–H and O–H groups in total. The molecule has 0 aliphatic rings. The zero-order chi connectivity index (χ0) is 15.8. The molecule has 0 unspecified atom stereocenters. The summed E-state index contributed by atoms with van der Waals surface area (Å²) in [7, 11) is 1.61. The summed E-state index contributed by atoms with van der Waals surface area (Å²) in [5, 5.41) is 2.84. The van der Waals surface area contributed by atoms with Crippen molar-refractivity contribution in [1.29, 1.82) is 0 Å². The topological polar surface area (TPSA) is 47.6 Å². The molecule has 5 heteroatoms. The van der Waals surface area contributed by atoms with E-state index in [0.717, 1.165) is 16.6 Å². The van der Waals surface area contributed by atoms with Crippen LogP contribution in [-0.2, 0) is 11.2 Å². The van der Waals surface area contributed by atoms with Gasteiger partial charge in [-0.05, 0) is 48.4 Å². The van der Waals surface area contributed by atoms with Crippen LogP contribution >= 0.6 is 15.9 Å². The second-order valence-corrected chi connectivity index (χ2v) is 5.61. The zero-order valence-electron chi connectivity index (χ0n) is 12.3. The second kappa shape index (κ2) is 8.44. The highest BCUT2D eigenvalue weighted by Gasteiger charge is 2.03. The summed E-state index contributed by atoms with van der Waals surface area (Å²) in [6.07, 6.45) is 0.793. The number of amides is 1. The minimum atomic E-state index is -0.132. The quantitative estimate of drug-likeness (QED) is 0.821. The number of nitrogens with one attached hydrogen (secondary N) is 1. The molecule has 22 heavy (non-hydrogen) atoms. The fraction of sp³-hybridized carbons (Fsp3) is 0.235. The lowest BCUT2D eigenvalue weighted by atomic mass is 10.1. The van der Waals surface area contributed by atoms with Crippen LogP contribution < -0.4 is 14.8 Å². The lowest BCUT2D eigenvalue weighted by molar-refractivity contribution is -0.123. The van der Waals surface area contributed by atoms with Gasteiger partial charge in [0.2, 0.25) is 0 Å². The summed E-state index contributed by atoms with van der Waals surface area (Å²) in [5.41, 5.74) is 1.18. The highest BCUT2D eigenvalue weighted by molar-refractivity contribution is 9.10. The van der Waals surface area contributed by atoms with Crippen LogP contribution in [0.15, 0.2) is 53.0 Å². The van der Waals surface area contributed by atoms with Gasteiger partial charge in [0.15, 0.2) is 6.61 Å². The summed E-state index contributed by atoms with van der Waals surface area (Å²) >= 11 is 3.39. The monoisotopic (exact) mass is 363 g/mol. The maximum atomic E-state index is 11.7. The van der Waals surface area contributed by atoms with Crippen LogP contribution in [0.25, 0.3) is 0 Å². The normalized spacial score (nSPS) is 10.1. The average Bonchev–Trinajstić information content (AvgIpc) is 2.55. The average molecular weight is 364 g/mol. The van der Waals surface area contributed by atoms with Crippen molar-refractivity contribution in [2.24, 2.45) is 0 Å². The number of halogens is 1. The lowest BCUT2D eigenvalue weighted by Gasteiger charge is -2.08. The van der Waals surface area contributed by atoms with E-state index in [1.165, 1.54) is 5.56 Å².